The zero-order valence-electron chi connectivity index (χ0n) is 12.3. The predicted octanol–water partition coefficient (Wildman–Crippen LogP) is 4.21. The number of nitrogens with one attached hydrogen (secondary N) is 1. The maximum atomic E-state index is 3.51. The van der Waals surface area contributed by atoms with E-state index in [9.17, 15) is 0 Å². The van der Waals surface area contributed by atoms with Gasteiger partial charge in [-0.1, -0.05) is 48.5 Å². The van der Waals surface area contributed by atoms with Gasteiger partial charge in [-0.2, -0.15) is 0 Å². The highest BCUT2D eigenvalue weighted by molar-refractivity contribution is 5.79. The fraction of sp³-hybridized carbons (Fsp3) is 0.263. The third-order valence-corrected chi connectivity index (χ3v) is 3.85. The number of aryl methyl sites for hydroxylation is 1. The Hall–Kier alpha value is -2.06. The van der Waals surface area contributed by atoms with Gasteiger partial charge in [-0.15, -0.1) is 0 Å². The third-order valence-electron chi connectivity index (χ3n) is 3.85. The number of aromatic nitrogens is 1. The monoisotopic (exact) mass is 278 g/mol. The minimum atomic E-state index is 0.966. The van der Waals surface area contributed by atoms with Gasteiger partial charge >= 0.3 is 0 Å². The Bertz CT molecular complexity index is 670. The lowest BCUT2D eigenvalue weighted by Gasteiger charge is -2.07. The molecule has 3 aromatic rings. The average Bonchev–Trinajstić information content (AvgIpc) is 2.95. The molecule has 3 rings (SSSR count). The zero-order valence-corrected chi connectivity index (χ0v) is 12.3. The van der Waals surface area contributed by atoms with Crippen LogP contribution in [0.4, 0.5) is 0 Å². The van der Waals surface area contributed by atoms with Crippen LogP contribution in [-0.4, -0.2) is 11.1 Å². The predicted molar refractivity (Wildman–Crippen MR) is 89.3 cm³/mol. The minimum absolute atomic E-state index is 0.966. The number of benzene rings is 2. The van der Waals surface area contributed by atoms with Gasteiger partial charge in [0.2, 0.25) is 0 Å². The Morgan fingerprint density at radius 2 is 1.62 bits per heavy atom. The van der Waals surface area contributed by atoms with Crippen LogP contribution in [0, 0.1) is 0 Å². The first-order chi connectivity index (χ1) is 10.4. The van der Waals surface area contributed by atoms with Gasteiger partial charge in [0.1, 0.15) is 0 Å². The molecule has 0 spiro atoms. The highest BCUT2D eigenvalue weighted by Gasteiger charge is 1.99. The van der Waals surface area contributed by atoms with Gasteiger partial charge in [0.15, 0.2) is 0 Å². The van der Waals surface area contributed by atoms with Crippen molar-refractivity contribution in [3.8, 4) is 0 Å². The first-order valence-electron chi connectivity index (χ1n) is 7.72. The summed E-state index contributed by atoms with van der Waals surface area (Å²) in [6.07, 6.45) is 4.61. The molecule has 0 aliphatic rings. The molecule has 1 aromatic heterocycles. The molecule has 0 aliphatic heterocycles. The molecule has 0 unspecified atom stereocenters. The summed E-state index contributed by atoms with van der Waals surface area (Å²) in [6.45, 7) is 3.14. The number of unbranched alkanes of at least 4 members (excludes halogenated alkanes) is 1. The van der Waals surface area contributed by atoms with Crippen molar-refractivity contribution in [3.63, 3.8) is 0 Å². The van der Waals surface area contributed by atoms with Gasteiger partial charge in [-0.05, 0) is 42.5 Å². The van der Waals surface area contributed by atoms with Crippen molar-refractivity contribution in [3.05, 3.63) is 72.4 Å². The second-order valence-corrected chi connectivity index (χ2v) is 5.44. The summed E-state index contributed by atoms with van der Waals surface area (Å²) >= 11 is 0. The standard InChI is InChI=1S/C19H22N2/c1-2-8-17(9-3-1)16-20-13-6-7-14-21-15-12-18-10-4-5-11-19(18)21/h1-5,8-12,15,20H,6-7,13-14,16H2. The van der Waals surface area contributed by atoms with Crippen LogP contribution in [0.1, 0.15) is 18.4 Å². The number of hydrogen-bond acceptors (Lipinski definition) is 1. The van der Waals surface area contributed by atoms with E-state index < -0.39 is 0 Å². The lowest BCUT2D eigenvalue weighted by Crippen LogP contribution is -2.15. The van der Waals surface area contributed by atoms with Crippen LogP contribution in [0.2, 0.25) is 0 Å². The van der Waals surface area contributed by atoms with E-state index in [1.165, 1.54) is 29.3 Å². The normalized spacial score (nSPS) is 11.0. The number of para-hydroxylation sites is 1. The molecule has 0 amide bonds. The van der Waals surface area contributed by atoms with Gasteiger partial charge in [-0.25, -0.2) is 0 Å². The molecule has 21 heavy (non-hydrogen) atoms. The summed E-state index contributed by atoms with van der Waals surface area (Å²) in [5.74, 6) is 0. The molecule has 2 aromatic carbocycles. The lowest BCUT2D eigenvalue weighted by atomic mass is 10.2. The van der Waals surface area contributed by atoms with Gasteiger partial charge in [0.05, 0.1) is 0 Å². The van der Waals surface area contributed by atoms with Crippen LogP contribution in [0.15, 0.2) is 66.9 Å². The Balaban J connectivity index is 1.39. The molecule has 2 nitrogen and oxygen atoms in total. The van der Waals surface area contributed by atoms with E-state index >= 15 is 0 Å². The molecule has 1 heterocycles. The highest BCUT2D eigenvalue weighted by Crippen LogP contribution is 2.15. The molecule has 108 valence electrons. The maximum absolute atomic E-state index is 3.51. The van der Waals surface area contributed by atoms with E-state index in [0.717, 1.165) is 19.6 Å². The van der Waals surface area contributed by atoms with Crippen molar-refractivity contribution >= 4 is 10.9 Å². The van der Waals surface area contributed by atoms with Gasteiger partial charge in [-0.3, -0.25) is 0 Å². The lowest BCUT2D eigenvalue weighted by molar-refractivity contribution is 0.576. The Morgan fingerprint density at radius 1 is 0.810 bits per heavy atom. The van der Waals surface area contributed by atoms with Gasteiger partial charge < -0.3 is 9.88 Å². The van der Waals surface area contributed by atoms with Crippen LogP contribution < -0.4 is 5.32 Å². The van der Waals surface area contributed by atoms with Crippen molar-refractivity contribution in [1.82, 2.24) is 9.88 Å². The van der Waals surface area contributed by atoms with Crippen LogP contribution in [0.3, 0.4) is 0 Å². The summed E-state index contributed by atoms with van der Waals surface area (Å²) in [7, 11) is 0. The van der Waals surface area contributed by atoms with E-state index in [-0.39, 0.29) is 0 Å². The molecule has 1 N–H and O–H groups in total. The van der Waals surface area contributed by atoms with E-state index in [4.69, 9.17) is 0 Å². The molecule has 2 heteroatoms. The Morgan fingerprint density at radius 3 is 2.52 bits per heavy atom. The fourth-order valence-corrected chi connectivity index (χ4v) is 2.70. The SMILES string of the molecule is c1ccc(CNCCCCn2ccc3ccccc32)cc1. The van der Waals surface area contributed by atoms with Crippen molar-refractivity contribution < 1.29 is 0 Å². The second kappa shape index (κ2) is 7.09. The average molecular weight is 278 g/mol. The van der Waals surface area contributed by atoms with Crippen LogP contribution in [0.25, 0.3) is 10.9 Å². The summed E-state index contributed by atoms with van der Waals surface area (Å²) in [6, 6.07) is 21.4. The van der Waals surface area contributed by atoms with Crippen molar-refractivity contribution in [2.24, 2.45) is 0 Å². The smallest absolute Gasteiger partial charge is 0.0480 e. The molecule has 0 bridgehead atoms. The van der Waals surface area contributed by atoms with E-state index in [1.807, 2.05) is 0 Å². The molecule has 0 aliphatic carbocycles. The number of rotatable bonds is 7. The molecular weight excluding hydrogens is 256 g/mol. The topological polar surface area (TPSA) is 17.0 Å². The third kappa shape index (κ3) is 3.73. The van der Waals surface area contributed by atoms with Gasteiger partial charge in [0, 0.05) is 24.8 Å². The summed E-state index contributed by atoms with van der Waals surface area (Å²) in [5, 5.41) is 4.84. The number of fused-ring (bicyclic) bond motifs is 1. The van der Waals surface area contributed by atoms with Gasteiger partial charge in [0.25, 0.3) is 0 Å². The van der Waals surface area contributed by atoms with Crippen molar-refractivity contribution in [2.75, 3.05) is 6.54 Å². The van der Waals surface area contributed by atoms with Crippen molar-refractivity contribution in [1.29, 1.82) is 0 Å². The molecule has 0 radical (unpaired) electrons. The highest BCUT2D eigenvalue weighted by atomic mass is 14.9. The van der Waals surface area contributed by atoms with Crippen LogP contribution >= 0.6 is 0 Å². The Labute approximate surface area is 126 Å². The molecule has 0 saturated carbocycles. The molecule has 0 fully saturated rings. The first kappa shape index (κ1) is 13.9. The Kier molecular flexibility index (Phi) is 4.70. The van der Waals surface area contributed by atoms with E-state index in [2.05, 4.69) is 76.7 Å². The minimum Gasteiger partial charge on any atom is -0.347 e. The maximum Gasteiger partial charge on any atom is 0.0480 e. The molecule has 0 atom stereocenters. The van der Waals surface area contributed by atoms with E-state index in [0.29, 0.717) is 0 Å². The zero-order chi connectivity index (χ0) is 14.3. The quantitative estimate of drug-likeness (QED) is 0.641. The van der Waals surface area contributed by atoms with Crippen LogP contribution in [0.5, 0.6) is 0 Å². The molecule has 0 saturated heterocycles. The fourth-order valence-electron chi connectivity index (χ4n) is 2.70. The first-order valence-corrected chi connectivity index (χ1v) is 7.72. The van der Waals surface area contributed by atoms with Crippen molar-refractivity contribution in [2.45, 2.75) is 25.9 Å². The summed E-state index contributed by atoms with van der Waals surface area (Å²) < 4.78 is 2.35. The number of nitrogens with zero attached hydrogens (tertiary/aromatic N) is 1. The largest absolute Gasteiger partial charge is 0.347 e. The second-order valence-electron chi connectivity index (χ2n) is 5.44. The number of hydrogen-bond donors (Lipinski definition) is 1. The molecular formula is C19H22N2. The summed E-state index contributed by atoms with van der Waals surface area (Å²) in [4.78, 5) is 0. The van der Waals surface area contributed by atoms with Crippen LogP contribution in [-0.2, 0) is 13.1 Å². The summed E-state index contributed by atoms with van der Waals surface area (Å²) in [5.41, 5.74) is 2.70. The van der Waals surface area contributed by atoms with E-state index in [1.54, 1.807) is 0 Å².